The fraction of sp³-hybridized carbons (Fsp3) is 0.400. The first-order valence-corrected chi connectivity index (χ1v) is 12.7. The summed E-state index contributed by atoms with van der Waals surface area (Å²) in [6, 6.07) is 1.60. The Morgan fingerprint density at radius 3 is 1.12 bits per heavy atom. The highest BCUT2D eigenvalue weighted by Gasteiger charge is 2.23. The molecule has 4 N–H and O–H groups in total. The topological polar surface area (TPSA) is 217 Å². The first kappa shape index (κ1) is 22.9. The summed E-state index contributed by atoms with van der Waals surface area (Å²) in [7, 11) is -19.0. The van der Waals surface area contributed by atoms with Crippen molar-refractivity contribution < 1.29 is 51.9 Å². The molecular weight excluding hydrogens is 440 g/mol. The first-order chi connectivity index (χ1) is 11.3. The standard InChI is InChI=1S/C10H14O12S4/c11-23(12,13)3-7-1-8(4-24(14,15)16)10(6-26(20,21)22)9(2-7)5-25(17,18)19/h1-2H,3-6H2,(H,11,12,13)(H,14,15,16)(H,17,18,19)(H,20,21,22). The zero-order chi connectivity index (χ0) is 20.6. The van der Waals surface area contributed by atoms with Gasteiger partial charge in [-0.05, 0) is 22.3 Å². The molecule has 0 heterocycles. The van der Waals surface area contributed by atoms with E-state index in [1.54, 1.807) is 0 Å². The van der Waals surface area contributed by atoms with Crippen LogP contribution in [0.1, 0.15) is 22.3 Å². The van der Waals surface area contributed by atoms with Crippen molar-refractivity contribution in [2.45, 2.75) is 23.0 Å². The molecule has 1 aromatic carbocycles. The van der Waals surface area contributed by atoms with Crippen molar-refractivity contribution in [3.05, 3.63) is 34.4 Å². The van der Waals surface area contributed by atoms with E-state index in [0.717, 1.165) is 12.1 Å². The predicted octanol–water partition coefficient (Wildman–Crippen LogP) is -0.762. The lowest BCUT2D eigenvalue weighted by atomic mass is 10.0. The Bertz CT molecular complexity index is 1060. The first-order valence-electron chi connectivity index (χ1n) is 6.29. The van der Waals surface area contributed by atoms with Gasteiger partial charge < -0.3 is 0 Å². The molecule has 16 heteroatoms. The molecule has 150 valence electrons. The summed E-state index contributed by atoms with van der Waals surface area (Å²) in [5, 5.41) is 0. The third kappa shape index (κ3) is 8.99. The molecule has 0 radical (unpaired) electrons. The van der Waals surface area contributed by atoms with Crippen molar-refractivity contribution in [3.63, 3.8) is 0 Å². The fourth-order valence-corrected chi connectivity index (χ4v) is 4.81. The van der Waals surface area contributed by atoms with Crippen LogP contribution >= 0.6 is 0 Å². The maximum atomic E-state index is 11.1. The second-order valence-corrected chi connectivity index (χ2v) is 11.1. The van der Waals surface area contributed by atoms with E-state index in [9.17, 15) is 33.7 Å². The Hall–Kier alpha value is -1.14. The van der Waals surface area contributed by atoms with Crippen LogP contribution in [0, 0.1) is 0 Å². The average Bonchev–Trinajstić information content (AvgIpc) is 2.25. The van der Waals surface area contributed by atoms with Crippen molar-refractivity contribution in [1.29, 1.82) is 0 Å². The summed E-state index contributed by atoms with van der Waals surface area (Å²) < 4.78 is 125. The highest BCUT2D eigenvalue weighted by Crippen LogP contribution is 2.25. The van der Waals surface area contributed by atoms with E-state index in [-0.39, 0.29) is 5.56 Å². The smallest absolute Gasteiger partial charge is 0.269 e. The SMILES string of the molecule is O=S(=O)(O)Cc1cc(CS(=O)(=O)O)c(CS(=O)(=O)O)c(CS(=O)(=O)O)c1. The second-order valence-electron chi connectivity index (χ2n) is 5.30. The van der Waals surface area contributed by atoms with E-state index in [1.807, 2.05) is 0 Å². The van der Waals surface area contributed by atoms with E-state index < -0.39 is 80.2 Å². The van der Waals surface area contributed by atoms with E-state index in [0.29, 0.717) is 0 Å². The van der Waals surface area contributed by atoms with E-state index >= 15 is 0 Å². The molecule has 0 saturated carbocycles. The van der Waals surface area contributed by atoms with Gasteiger partial charge in [0.25, 0.3) is 40.5 Å². The highest BCUT2D eigenvalue weighted by molar-refractivity contribution is 7.85. The summed E-state index contributed by atoms with van der Waals surface area (Å²) >= 11 is 0. The lowest BCUT2D eigenvalue weighted by Gasteiger charge is -2.15. The minimum Gasteiger partial charge on any atom is -0.285 e. The summed E-state index contributed by atoms with van der Waals surface area (Å²) in [6.07, 6.45) is 0. The molecular formula is C10H14O12S4. The Kier molecular flexibility index (Phi) is 6.58. The molecule has 0 saturated heterocycles. The Balaban J connectivity index is 3.78. The van der Waals surface area contributed by atoms with Gasteiger partial charge in [-0.1, -0.05) is 12.1 Å². The molecule has 1 rings (SSSR count). The minimum absolute atomic E-state index is 0.344. The maximum Gasteiger partial charge on any atom is 0.269 e. The van der Waals surface area contributed by atoms with E-state index in [4.69, 9.17) is 18.2 Å². The Labute approximate surface area is 149 Å². The van der Waals surface area contributed by atoms with Crippen LogP contribution in [0.3, 0.4) is 0 Å². The molecule has 0 unspecified atom stereocenters. The number of benzene rings is 1. The highest BCUT2D eigenvalue weighted by atomic mass is 32.2. The third-order valence-corrected chi connectivity index (χ3v) is 5.55. The molecule has 12 nitrogen and oxygen atoms in total. The van der Waals surface area contributed by atoms with Gasteiger partial charge in [0.15, 0.2) is 0 Å². The van der Waals surface area contributed by atoms with Crippen LogP contribution in [0.2, 0.25) is 0 Å². The van der Waals surface area contributed by atoms with E-state index in [2.05, 4.69) is 0 Å². The van der Waals surface area contributed by atoms with Crippen LogP contribution in [-0.2, 0) is 63.5 Å². The summed E-state index contributed by atoms with van der Waals surface area (Å²) in [5.41, 5.74) is -1.99. The fourth-order valence-electron chi connectivity index (χ4n) is 2.18. The van der Waals surface area contributed by atoms with Gasteiger partial charge in [0.2, 0.25) is 0 Å². The molecule has 0 fully saturated rings. The van der Waals surface area contributed by atoms with Crippen LogP contribution < -0.4 is 0 Å². The van der Waals surface area contributed by atoms with Gasteiger partial charge in [0.05, 0.1) is 0 Å². The zero-order valence-corrected chi connectivity index (χ0v) is 15.9. The van der Waals surface area contributed by atoms with Crippen molar-refractivity contribution in [1.82, 2.24) is 0 Å². The number of hydrogen-bond acceptors (Lipinski definition) is 8. The normalized spacial score (nSPS) is 13.7. The zero-order valence-electron chi connectivity index (χ0n) is 12.7. The van der Waals surface area contributed by atoms with Gasteiger partial charge in [-0.25, -0.2) is 0 Å². The lowest BCUT2D eigenvalue weighted by molar-refractivity contribution is 0.476. The Morgan fingerprint density at radius 2 is 0.846 bits per heavy atom. The molecule has 0 spiro atoms. The Morgan fingerprint density at radius 1 is 0.538 bits per heavy atom. The van der Waals surface area contributed by atoms with Crippen molar-refractivity contribution >= 4 is 40.5 Å². The second kappa shape index (κ2) is 7.47. The molecule has 0 amide bonds. The van der Waals surface area contributed by atoms with Crippen molar-refractivity contribution in [2.24, 2.45) is 0 Å². The molecule has 0 aliphatic carbocycles. The molecule has 0 aliphatic rings. The monoisotopic (exact) mass is 454 g/mol. The average molecular weight is 454 g/mol. The summed E-state index contributed by atoms with van der Waals surface area (Å²) in [4.78, 5) is 0. The number of rotatable bonds is 8. The van der Waals surface area contributed by atoms with Crippen LogP contribution in [0.4, 0.5) is 0 Å². The van der Waals surface area contributed by atoms with Gasteiger partial charge in [0, 0.05) is 0 Å². The van der Waals surface area contributed by atoms with Crippen LogP contribution in [0.25, 0.3) is 0 Å². The molecule has 0 aliphatic heterocycles. The molecule has 0 bridgehead atoms. The third-order valence-electron chi connectivity index (χ3n) is 2.85. The molecule has 0 atom stereocenters. The molecule has 0 aromatic heterocycles. The quantitative estimate of drug-likeness (QED) is 0.356. The van der Waals surface area contributed by atoms with Gasteiger partial charge in [-0.2, -0.15) is 33.7 Å². The van der Waals surface area contributed by atoms with Crippen LogP contribution in [0.5, 0.6) is 0 Å². The molecule has 1 aromatic rings. The lowest BCUT2D eigenvalue weighted by Crippen LogP contribution is -2.15. The summed E-state index contributed by atoms with van der Waals surface area (Å²) in [5.74, 6) is -4.84. The van der Waals surface area contributed by atoms with Crippen molar-refractivity contribution in [2.75, 3.05) is 0 Å². The van der Waals surface area contributed by atoms with Gasteiger partial charge in [-0.3, -0.25) is 18.2 Å². The maximum absolute atomic E-state index is 11.1. The van der Waals surface area contributed by atoms with Crippen molar-refractivity contribution in [3.8, 4) is 0 Å². The van der Waals surface area contributed by atoms with Gasteiger partial charge >= 0.3 is 0 Å². The van der Waals surface area contributed by atoms with Gasteiger partial charge in [0.1, 0.15) is 23.0 Å². The van der Waals surface area contributed by atoms with Gasteiger partial charge in [-0.15, -0.1) is 0 Å². The van der Waals surface area contributed by atoms with E-state index in [1.165, 1.54) is 0 Å². The predicted molar refractivity (Wildman–Crippen MR) is 87.5 cm³/mol. The van der Waals surface area contributed by atoms with Crippen LogP contribution in [0.15, 0.2) is 12.1 Å². The van der Waals surface area contributed by atoms with Crippen LogP contribution in [-0.4, -0.2) is 51.9 Å². The molecule has 26 heavy (non-hydrogen) atoms. The minimum atomic E-state index is -4.80. The number of hydrogen-bond donors (Lipinski definition) is 4. The largest absolute Gasteiger partial charge is 0.285 e. The summed E-state index contributed by atoms with van der Waals surface area (Å²) in [6.45, 7) is 0.